The summed E-state index contributed by atoms with van der Waals surface area (Å²) in [4.78, 5) is 28.9. The maximum Gasteiger partial charge on any atom is 0.315 e. The molecule has 0 aliphatic rings. The van der Waals surface area contributed by atoms with E-state index in [-0.39, 0.29) is 11.3 Å². The average molecular weight is 334 g/mol. The Morgan fingerprint density at radius 2 is 1.91 bits per heavy atom. The number of phenolic OH excluding ortho intramolecular Hbond substituents is 2. The molecule has 0 amide bonds. The van der Waals surface area contributed by atoms with Gasteiger partial charge < -0.3 is 15.2 Å². The van der Waals surface area contributed by atoms with Gasteiger partial charge in [0.05, 0.1) is 21.0 Å². The van der Waals surface area contributed by atoms with Crippen LogP contribution in [0.15, 0.2) is 35.1 Å². The van der Waals surface area contributed by atoms with Gasteiger partial charge in [0.25, 0.3) is 5.56 Å². The molecule has 0 aliphatic heterocycles. The topological polar surface area (TPSA) is 129 Å². The Morgan fingerprint density at radius 3 is 2.61 bits per heavy atom. The first-order valence-corrected chi connectivity index (χ1v) is 6.66. The van der Waals surface area contributed by atoms with Gasteiger partial charge in [-0.05, 0) is 12.1 Å². The molecule has 9 heteroatoms. The SMILES string of the molecule is O=c1[nH]c2ccccc2nc1-c1cc([N+](=O)[O-])c(O)c(O)c1Cl. The third-order valence-corrected chi connectivity index (χ3v) is 3.63. The zero-order valence-corrected chi connectivity index (χ0v) is 12.0. The minimum atomic E-state index is -0.971. The smallest absolute Gasteiger partial charge is 0.315 e. The Labute approximate surface area is 132 Å². The highest BCUT2D eigenvalue weighted by molar-refractivity contribution is 6.35. The fourth-order valence-corrected chi connectivity index (χ4v) is 2.38. The standard InChI is InChI=1S/C14H8ClN3O5/c15-10-6(5-9(18(22)23)12(19)13(10)20)11-14(21)17-8-4-2-1-3-7(8)16-11/h1-5,19-20H,(H,17,21). The quantitative estimate of drug-likeness (QED) is 0.375. The zero-order chi connectivity index (χ0) is 16.7. The molecule has 3 aromatic rings. The van der Waals surface area contributed by atoms with Crippen LogP contribution in [-0.4, -0.2) is 25.1 Å². The molecule has 0 spiro atoms. The monoisotopic (exact) mass is 333 g/mol. The third-order valence-electron chi connectivity index (χ3n) is 3.24. The summed E-state index contributed by atoms with van der Waals surface area (Å²) in [6, 6.07) is 7.59. The number of aromatic nitrogens is 2. The summed E-state index contributed by atoms with van der Waals surface area (Å²) in [7, 11) is 0. The Balaban J connectivity index is 2.37. The first-order chi connectivity index (χ1) is 10.9. The van der Waals surface area contributed by atoms with Crippen LogP contribution in [0.25, 0.3) is 22.3 Å². The Hall–Kier alpha value is -3.13. The summed E-state index contributed by atoms with van der Waals surface area (Å²) < 4.78 is 0. The number of nitrogens with one attached hydrogen (secondary N) is 1. The van der Waals surface area contributed by atoms with Crippen molar-refractivity contribution in [2.45, 2.75) is 0 Å². The summed E-state index contributed by atoms with van der Waals surface area (Å²) in [6.45, 7) is 0. The molecule has 116 valence electrons. The first-order valence-electron chi connectivity index (χ1n) is 6.28. The number of hydrogen-bond donors (Lipinski definition) is 3. The number of aromatic amines is 1. The number of nitrogens with zero attached hydrogens (tertiary/aromatic N) is 2. The summed E-state index contributed by atoms with van der Waals surface area (Å²) in [6.07, 6.45) is 0. The lowest BCUT2D eigenvalue weighted by molar-refractivity contribution is -0.385. The van der Waals surface area contributed by atoms with Gasteiger partial charge in [0, 0.05) is 11.6 Å². The molecular weight excluding hydrogens is 326 g/mol. The minimum Gasteiger partial charge on any atom is -0.503 e. The molecule has 3 rings (SSSR count). The van der Waals surface area contributed by atoms with E-state index in [0.29, 0.717) is 11.0 Å². The summed E-state index contributed by atoms with van der Waals surface area (Å²) in [5.41, 5.74) is -0.850. The first kappa shape index (κ1) is 14.8. The van der Waals surface area contributed by atoms with Crippen molar-refractivity contribution in [3.63, 3.8) is 0 Å². The van der Waals surface area contributed by atoms with Crippen LogP contribution in [-0.2, 0) is 0 Å². The molecule has 0 saturated carbocycles. The second kappa shape index (κ2) is 5.25. The van der Waals surface area contributed by atoms with E-state index in [1.807, 2.05) is 0 Å². The van der Waals surface area contributed by atoms with Crippen molar-refractivity contribution in [2.75, 3.05) is 0 Å². The molecule has 3 N–H and O–H groups in total. The predicted octanol–water partition coefficient (Wildman–Crippen LogP) is 2.56. The van der Waals surface area contributed by atoms with Crippen molar-refractivity contribution >= 4 is 28.3 Å². The molecular formula is C14H8ClN3O5. The van der Waals surface area contributed by atoms with Crippen molar-refractivity contribution in [1.82, 2.24) is 9.97 Å². The summed E-state index contributed by atoms with van der Waals surface area (Å²) in [5.74, 6) is -1.86. The van der Waals surface area contributed by atoms with Gasteiger partial charge in [0.2, 0.25) is 5.75 Å². The number of fused-ring (bicyclic) bond motifs is 1. The van der Waals surface area contributed by atoms with Crippen molar-refractivity contribution < 1.29 is 15.1 Å². The van der Waals surface area contributed by atoms with E-state index in [1.165, 1.54) is 0 Å². The number of H-pyrrole nitrogens is 1. The largest absolute Gasteiger partial charge is 0.503 e. The van der Waals surface area contributed by atoms with E-state index >= 15 is 0 Å². The summed E-state index contributed by atoms with van der Waals surface area (Å²) in [5, 5.41) is 29.9. The van der Waals surface area contributed by atoms with Crippen LogP contribution in [0.4, 0.5) is 5.69 Å². The number of nitro benzene ring substituents is 1. The van der Waals surface area contributed by atoms with Crippen LogP contribution in [0.3, 0.4) is 0 Å². The lowest BCUT2D eigenvalue weighted by Crippen LogP contribution is -2.11. The maximum atomic E-state index is 12.2. The highest BCUT2D eigenvalue weighted by Gasteiger charge is 2.25. The normalized spacial score (nSPS) is 10.8. The van der Waals surface area contributed by atoms with Crippen molar-refractivity contribution in [2.24, 2.45) is 0 Å². The van der Waals surface area contributed by atoms with Crippen LogP contribution in [0, 0.1) is 10.1 Å². The van der Waals surface area contributed by atoms with E-state index in [0.717, 1.165) is 6.07 Å². The van der Waals surface area contributed by atoms with Gasteiger partial charge in [0.1, 0.15) is 5.69 Å². The number of phenols is 2. The Bertz CT molecular complexity index is 1020. The van der Waals surface area contributed by atoms with Gasteiger partial charge in [-0.15, -0.1) is 0 Å². The Morgan fingerprint density at radius 1 is 1.22 bits per heavy atom. The number of hydrogen-bond acceptors (Lipinski definition) is 6. The van der Waals surface area contributed by atoms with Gasteiger partial charge >= 0.3 is 5.69 Å². The van der Waals surface area contributed by atoms with E-state index in [4.69, 9.17) is 11.6 Å². The fourth-order valence-electron chi connectivity index (χ4n) is 2.14. The zero-order valence-electron chi connectivity index (χ0n) is 11.3. The molecule has 1 aromatic heterocycles. The number of rotatable bonds is 2. The van der Waals surface area contributed by atoms with Gasteiger partial charge in [0.15, 0.2) is 5.75 Å². The highest BCUT2D eigenvalue weighted by atomic mass is 35.5. The van der Waals surface area contributed by atoms with Crippen LogP contribution in [0.5, 0.6) is 11.5 Å². The van der Waals surface area contributed by atoms with Crippen LogP contribution in [0.2, 0.25) is 5.02 Å². The van der Waals surface area contributed by atoms with E-state index in [1.54, 1.807) is 24.3 Å². The summed E-state index contributed by atoms with van der Waals surface area (Å²) >= 11 is 5.91. The predicted molar refractivity (Wildman–Crippen MR) is 82.8 cm³/mol. The second-order valence-corrected chi connectivity index (χ2v) is 5.02. The van der Waals surface area contributed by atoms with Crippen LogP contribution < -0.4 is 5.56 Å². The second-order valence-electron chi connectivity index (χ2n) is 4.64. The van der Waals surface area contributed by atoms with E-state index in [9.17, 15) is 25.1 Å². The van der Waals surface area contributed by atoms with Gasteiger partial charge in [-0.3, -0.25) is 14.9 Å². The molecule has 0 radical (unpaired) electrons. The molecule has 23 heavy (non-hydrogen) atoms. The van der Waals surface area contributed by atoms with E-state index in [2.05, 4.69) is 9.97 Å². The molecule has 0 fully saturated rings. The van der Waals surface area contributed by atoms with Gasteiger partial charge in [-0.2, -0.15) is 0 Å². The number of aromatic hydroxyl groups is 2. The molecule has 0 saturated heterocycles. The van der Waals surface area contributed by atoms with Gasteiger partial charge in [-0.1, -0.05) is 23.7 Å². The maximum absolute atomic E-state index is 12.2. The van der Waals surface area contributed by atoms with Gasteiger partial charge in [-0.25, -0.2) is 4.98 Å². The van der Waals surface area contributed by atoms with Crippen molar-refractivity contribution in [1.29, 1.82) is 0 Å². The number of para-hydroxylation sites is 2. The van der Waals surface area contributed by atoms with Crippen LogP contribution in [0.1, 0.15) is 0 Å². The molecule has 0 aliphatic carbocycles. The average Bonchev–Trinajstić information content (AvgIpc) is 2.52. The molecule has 0 unspecified atom stereocenters. The highest BCUT2D eigenvalue weighted by Crippen LogP contribution is 2.45. The Kier molecular flexibility index (Phi) is 3.38. The molecule has 2 aromatic carbocycles. The number of halogens is 1. The number of nitro groups is 1. The molecule has 0 bridgehead atoms. The van der Waals surface area contributed by atoms with Crippen LogP contribution >= 0.6 is 11.6 Å². The molecule has 8 nitrogen and oxygen atoms in total. The van der Waals surface area contributed by atoms with Crippen molar-refractivity contribution in [3.8, 4) is 22.8 Å². The lowest BCUT2D eigenvalue weighted by atomic mass is 10.1. The number of benzene rings is 2. The molecule has 0 atom stereocenters. The minimum absolute atomic E-state index is 0.152. The molecule has 1 heterocycles. The van der Waals surface area contributed by atoms with Crippen molar-refractivity contribution in [3.05, 3.63) is 55.8 Å². The van der Waals surface area contributed by atoms with E-state index < -0.39 is 32.7 Å². The third kappa shape index (κ3) is 2.34. The fraction of sp³-hybridized carbons (Fsp3) is 0. The lowest BCUT2D eigenvalue weighted by Gasteiger charge is -2.08.